The van der Waals surface area contributed by atoms with Crippen molar-refractivity contribution in [2.45, 2.75) is 46.1 Å². The lowest BCUT2D eigenvalue weighted by Crippen LogP contribution is -2.48. The number of rotatable bonds is 7. The summed E-state index contributed by atoms with van der Waals surface area (Å²) in [5.74, 6) is -1.43. The number of sulfonamides is 1. The number of amides is 1. The fourth-order valence-corrected chi connectivity index (χ4v) is 3.69. The number of nitrogens with zero attached hydrogens (tertiary/aromatic N) is 1. The molecule has 1 atom stereocenters. The Labute approximate surface area is 132 Å². The van der Waals surface area contributed by atoms with Gasteiger partial charge in [-0.3, -0.25) is 4.79 Å². The van der Waals surface area contributed by atoms with E-state index in [4.69, 9.17) is 5.11 Å². The summed E-state index contributed by atoms with van der Waals surface area (Å²) in [6, 6.07) is -0.884. The van der Waals surface area contributed by atoms with E-state index in [1.54, 1.807) is 6.92 Å². The number of piperidine rings is 1. The first kappa shape index (κ1) is 18.9. The molecule has 0 saturated carbocycles. The molecule has 0 aromatic rings. The molecule has 0 aromatic carbocycles. The molecule has 2 N–H and O–H groups in total. The maximum atomic E-state index is 12.2. The van der Waals surface area contributed by atoms with E-state index in [0.717, 1.165) is 0 Å². The van der Waals surface area contributed by atoms with Crippen molar-refractivity contribution in [2.75, 3.05) is 18.8 Å². The highest BCUT2D eigenvalue weighted by atomic mass is 32.2. The summed E-state index contributed by atoms with van der Waals surface area (Å²) >= 11 is 0. The van der Waals surface area contributed by atoms with Gasteiger partial charge in [0, 0.05) is 19.0 Å². The SMILES string of the molecule is CCS(=O)(=O)N1CCC(C(=O)N[C@H](CC(C)C)C(=O)O)CC1. The number of carbonyl (C=O) groups excluding carboxylic acids is 1. The summed E-state index contributed by atoms with van der Waals surface area (Å²) in [5.41, 5.74) is 0. The zero-order valence-electron chi connectivity index (χ0n) is 13.4. The Hall–Kier alpha value is -1.15. The second kappa shape index (κ2) is 7.92. The van der Waals surface area contributed by atoms with Gasteiger partial charge in [-0.05, 0) is 32.1 Å². The van der Waals surface area contributed by atoms with Crippen LogP contribution in [-0.2, 0) is 19.6 Å². The lowest BCUT2D eigenvalue weighted by Gasteiger charge is -2.31. The Morgan fingerprint density at radius 1 is 1.27 bits per heavy atom. The van der Waals surface area contributed by atoms with Crippen LogP contribution < -0.4 is 5.32 Å². The van der Waals surface area contributed by atoms with Crippen LogP contribution in [0.5, 0.6) is 0 Å². The average Bonchev–Trinajstić information content (AvgIpc) is 2.46. The lowest BCUT2D eigenvalue weighted by molar-refractivity contribution is -0.143. The molecule has 0 aromatic heterocycles. The molecular formula is C14H26N2O5S. The van der Waals surface area contributed by atoms with Crippen molar-refractivity contribution in [1.29, 1.82) is 0 Å². The van der Waals surface area contributed by atoms with Gasteiger partial charge < -0.3 is 10.4 Å². The van der Waals surface area contributed by atoms with Gasteiger partial charge in [0.05, 0.1) is 5.75 Å². The van der Waals surface area contributed by atoms with Crippen LogP contribution in [0.4, 0.5) is 0 Å². The van der Waals surface area contributed by atoms with Gasteiger partial charge in [0.15, 0.2) is 0 Å². The van der Waals surface area contributed by atoms with E-state index in [2.05, 4.69) is 5.32 Å². The molecule has 0 unspecified atom stereocenters. The van der Waals surface area contributed by atoms with Crippen molar-refractivity contribution in [3.63, 3.8) is 0 Å². The maximum absolute atomic E-state index is 12.2. The second-order valence-electron chi connectivity index (χ2n) is 6.10. The third kappa shape index (κ3) is 5.24. The zero-order chi connectivity index (χ0) is 16.9. The number of carboxylic acids is 1. The number of aliphatic carboxylic acids is 1. The molecule has 0 radical (unpaired) electrons. The van der Waals surface area contributed by atoms with E-state index in [-0.39, 0.29) is 23.5 Å². The number of carbonyl (C=O) groups is 2. The molecule has 1 heterocycles. The van der Waals surface area contributed by atoms with Crippen LogP contribution in [0.1, 0.15) is 40.0 Å². The molecule has 128 valence electrons. The highest BCUT2D eigenvalue weighted by molar-refractivity contribution is 7.89. The van der Waals surface area contributed by atoms with Crippen molar-refractivity contribution in [3.8, 4) is 0 Å². The van der Waals surface area contributed by atoms with Crippen molar-refractivity contribution in [2.24, 2.45) is 11.8 Å². The van der Waals surface area contributed by atoms with Gasteiger partial charge in [-0.1, -0.05) is 13.8 Å². The van der Waals surface area contributed by atoms with Crippen molar-refractivity contribution >= 4 is 21.9 Å². The Morgan fingerprint density at radius 3 is 2.23 bits per heavy atom. The first-order valence-corrected chi connectivity index (χ1v) is 9.29. The zero-order valence-corrected chi connectivity index (χ0v) is 14.2. The number of hydrogen-bond donors (Lipinski definition) is 2. The van der Waals surface area contributed by atoms with Crippen molar-refractivity contribution in [3.05, 3.63) is 0 Å². The van der Waals surface area contributed by atoms with Gasteiger partial charge in [0.25, 0.3) is 0 Å². The molecule has 0 aliphatic carbocycles. The largest absolute Gasteiger partial charge is 0.480 e. The fourth-order valence-electron chi connectivity index (χ4n) is 2.56. The summed E-state index contributed by atoms with van der Waals surface area (Å²) in [7, 11) is -3.22. The molecule has 1 amide bonds. The second-order valence-corrected chi connectivity index (χ2v) is 8.36. The first-order chi connectivity index (χ1) is 10.2. The van der Waals surface area contributed by atoms with E-state index in [1.807, 2.05) is 13.8 Å². The van der Waals surface area contributed by atoms with Crippen LogP contribution >= 0.6 is 0 Å². The van der Waals surface area contributed by atoms with E-state index in [9.17, 15) is 18.0 Å². The van der Waals surface area contributed by atoms with Crippen LogP contribution in [-0.4, -0.2) is 54.6 Å². The standard InChI is InChI=1S/C14H26N2O5S/c1-4-22(20,21)16-7-5-11(6-8-16)13(17)15-12(14(18)19)9-10(2)3/h10-12H,4-9H2,1-3H3,(H,15,17)(H,18,19)/t12-/m1/s1. The molecule has 0 spiro atoms. The maximum Gasteiger partial charge on any atom is 0.326 e. The molecule has 1 fully saturated rings. The molecule has 0 bridgehead atoms. The summed E-state index contributed by atoms with van der Waals surface area (Å²) in [6.07, 6.45) is 1.24. The third-order valence-corrected chi connectivity index (χ3v) is 5.79. The molecule has 1 saturated heterocycles. The van der Waals surface area contributed by atoms with Gasteiger partial charge in [-0.15, -0.1) is 0 Å². The topological polar surface area (TPSA) is 104 Å². The number of nitrogens with one attached hydrogen (secondary N) is 1. The van der Waals surface area contributed by atoms with Crippen LogP contribution in [0.3, 0.4) is 0 Å². The number of hydrogen-bond acceptors (Lipinski definition) is 4. The lowest BCUT2D eigenvalue weighted by atomic mass is 9.96. The molecule has 1 aliphatic rings. The summed E-state index contributed by atoms with van der Waals surface area (Å²) in [5, 5.41) is 11.7. The average molecular weight is 334 g/mol. The van der Waals surface area contributed by atoms with E-state index >= 15 is 0 Å². The smallest absolute Gasteiger partial charge is 0.326 e. The van der Waals surface area contributed by atoms with Gasteiger partial charge >= 0.3 is 5.97 Å². The Kier molecular flexibility index (Phi) is 6.80. The Bertz CT molecular complexity index is 495. The molecular weight excluding hydrogens is 308 g/mol. The van der Waals surface area contributed by atoms with Crippen molar-refractivity contribution in [1.82, 2.24) is 9.62 Å². The minimum absolute atomic E-state index is 0.0549. The summed E-state index contributed by atoms with van der Waals surface area (Å²) < 4.78 is 24.9. The number of carboxylic acid groups (broad SMARTS) is 1. The fraction of sp³-hybridized carbons (Fsp3) is 0.857. The highest BCUT2D eigenvalue weighted by Crippen LogP contribution is 2.20. The van der Waals surface area contributed by atoms with Gasteiger partial charge in [-0.2, -0.15) is 0 Å². The minimum Gasteiger partial charge on any atom is -0.480 e. The molecule has 7 nitrogen and oxygen atoms in total. The van der Waals surface area contributed by atoms with Crippen LogP contribution in [0.15, 0.2) is 0 Å². The summed E-state index contributed by atoms with van der Waals surface area (Å²) in [4.78, 5) is 23.4. The minimum atomic E-state index is -3.22. The molecule has 1 rings (SSSR count). The first-order valence-electron chi connectivity index (χ1n) is 7.68. The predicted molar refractivity (Wildman–Crippen MR) is 82.8 cm³/mol. The predicted octanol–water partition coefficient (Wildman–Crippen LogP) is 0.664. The Balaban J connectivity index is 2.56. The normalized spacial score (nSPS) is 19.1. The van der Waals surface area contributed by atoms with Crippen LogP contribution in [0, 0.1) is 11.8 Å². The molecule has 8 heteroatoms. The summed E-state index contributed by atoms with van der Waals surface area (Å²) in [6.45, 7) is 6.02. The van der Waals surface area contributed by atoms with E-state index < -0.39 is 22.0 Å². The molecule has 22 heavy (non-hydrogen) atoms. The van der Waals surface area contributed by atoms with Crippen LogP contribution in [0.25, 0.3) is 0 Å². The van der Waals surface area contributed by atoms with Crippen LogP contribution in [0.2, 0.25) is 0 Å². The van der Waals surface area contributed by atoms with Gasteiger partial charge in [-0.25, -0.2) is 17.5 Å². The third-order valence-electron chi connectivity index (χ3n) is 3.90. The quantitative estimate of drug-likeness (QED) is 0.712. The van der Waals surface area contributed by atoms with Gasteiger partial charge in [0.1, 0.15) is 6.04 Å². The van der Waals surface area contributed by atoms with E-state index in [0.29, 0.717) is 32.4 Å². The van der Waals surface area contributed by atoms with Crippen molar-refractivity contribution < 1.29 is 23.1 Å². The Morgan fingerprint density at radius 2 is 1.82 bits per heavy atom. The highest BCUT2D eigenvalue weighted by Gasteiger charge is 2.32. The monoisotopic (exact) mass is 334 g/mol. The molecule has 1 aliphatic heterocycles. The van der Waals surface area contributed by atoms with E-state index in [1.165, 1.54) is 4.31 Å². The van der Waals surface area contributed by atoms with Gasteiger partial charge in [0.2, 0.25) is 15.9 Å².